The van der Waals surface area contributed by atoms with Gasteiger partial charge in [0.1, 0.15) is 5.75 Å². The minimum Gasteiger partial charge on any atom is -0.497 e. The van der Waals surface area contributed by atoms with Crippen molar-refractivity contribution in [1.82, 2.24) is 9.80 Å². The first-order valence-electron chi connectivity index (χ1n) is 12.0. The zero-order valence-electron chi connectivity index (χ0n) is 19.5. The largest absolute Gasteiger partial charge is 0.497 e. The topological polar surface area (TPSA) is 56.3 Å². The van der Waals surface area contributed by atoms with Crippen LogP contribution in [0, 0.1) is 0 Å². The van der Waals surface area contributed by atoms with E-state index < -0.39 is 5.60 Å². The summed E-state index contributed by atoms with van der Waals surface area (Å²) in [6, 6.07) is 8.45. The van der Waals surface area contributed by atoms with E-state index in [0.29, 0.717) is 6.54 Å². The lowest BCUT2D eigenvalue weighted by molar-refractivity contribution is -0.140. The summed E-state index contributed by atoms with van der Waals surface area (Å²) in [5.41, 5.74) is 0.443. The van der Waals surface area contributed by atoms with Crippen LogP contribution in [-0.2, 0) is 4.79 Å². The molecule has 0 saturated carbocycles. The summed E-state index contributed by atoms with van der Waals surface area (Å²) < 4.78 is 5.38. The number of methoxy groups -OCH3 is 1. The molecular formula is C25H39N3O3. The van der Waals surface area contributed by atoms with Crippen LogP contribution in [0.3, 0.4) is 0 Å². The minimum absolute atomic E-state index is 0.0416. The van der Waals surface area contributed by atoms with E-state index in [-0.39, 0.29) is 17.5 Å². The van der Waals surface area contributed by atoms with Crippen LogP contribution >= 0.6 is 0 Å². The first-order valence-corrected chi connectivity index (χ1v) is 12.0. The molecule has 0 aliphatic carbocycles. The van der Waals surface area contributed by atoms with Gasteiger partial charge in [0.2, 0.25) is 5.91 Å². The number of piperidine rings is 2. The summed E-state index contributed by atoms with van der Waals surface area (Å²) in [6.45, 7) is 8.34. The molecule has 2 atom stereocenters. The number of nitrogens with zero attached hydrogens (tertiary/aromatic N) is 3. The molecule has 31 heavy (non-hydrogen) atoms. The van der Waals surface area contributed by atoms with Crippen molar-refractivity contribution < 1.29 is 14.6 Å². The summed E-state index contributed by atoms with van der Waals surface area (Å²) in [7, 11) is 1.70. The van der Waals surface area contributed by atoms with Gasteiger partial charge in [0.25, 0.3) is 0 Å². The Bertz CT molecular complexity index is 777. The highest BCUT2D eigenvalue weighted by Crippen LogP contribution is 2.40. The van der Waals surface area contributed by atoms with E-state index in [0.717, 1.165) is 82.6 Å². The number of carbonyl (C=O) groups is 1. The number of β-amino-alcohol motifs (C(OH)–C–C–N with tert-alkyl or cyclic N) is 1. The van der Waals surface area contributed by atoms with Crippen LogP contribution in [0.25, 0.3) is 0 Å². The second kappa shape index (κ2) is 8.99. The Morgan fingerprint density at radius 2 is 1.90 bits per heavy atom. The Labute approximate surface area is 187 Å². The van der Waals surface area contributed by atoms with Gasteiger partial charge >= 0.3 is 0 Å². The van der Waals surface area contributed by atoms with Gasteiger partial charge in [-0.2, -0.15) is 0 Å². The monoisotopic (exact) mass is 429 g/mol. The van der Waals surface area contributed by atoms with Crippen molar-refractivity contribution in [2.24, 2.45) is 0 Å². The Hall–Kier alpha value is -1.79. The third-order valence-corrected chi connectivity index (χ3v) is 8.06. The van der Waals surface area contributed by atoms with Gasteiger partial charge in [0.15, 0.2) is 0 Å². The van der Waals surface area contributed by atoms with Crippen molar-refractivity contribution in [3.8, 4) is 5.75 Å². The Morgan fingerprint density at radius 3 is 2.61 bits per heavy atom. The van der Waals surface area contributed by atoms with Gasteiger partial charge in [0, 0.05) is 56.4 Å². The number of fused-ring (bicyclic) bond motifs is 1. The predicted molar refractivity (Wildman–Crippen MR) is 124 cm³/mol. The van der Waals surface area contributed by atoms with E-state index in [9.17, 15) is 9.90 Å². The molecule has 0 radical (unpaired) electrons. The smallest absolute Gasteiger partial charge is 0.219 e. The van der Waals surface area contributed by atoms with Crippen LogP contribution in [0.4, 0.5) is 5.69 Å². The normalized spacial score (nSPS) is 29.2. The number of benzene rings is 1. The molecule has 4 rings (SSSR count). The number of aliphatic hydroxyl groups is 1. The molecule has 3 saturated heterocycles. The molecule has 0 bridgehead atoms. The van der Waals surface area contributed by atoms with Crippen molar-refractivity contribution in [3.05, 3.63) is 24.3 Å². The first kappa shape index (κ1) is 22.4. The zero-order chi connectivity index (χ0) is 22.1. The van der Waals surface area contributed by atoms with Gasteiger partial charge in [0.05, 0.1) is 12.7 Å². The van der Waals surface area contributed by atoms with Gasteiger partial charge in [-0.05, 0) is 64.1 Å². The second-order valence-corrected chi connectivity index (χ2v) is 10.0. The number of hydrogen-bond donors (Lipinski definition) is 1. The van der Waals surface area contributed by atoms with Crippen LogP contribution in [0.1, 0.15) is 58.8 Å². The standard InChI is InChI=1S/C25H39N3O3/c1-20(29)28-15-7-11-24(2)23(28)10-4-5-14-27(24)19-25(30)12-16-26(17-13-25)21-8-6-9-22(18-21)31-3/h6,8-9,18,23,30H,4-5,7,10-17,19H2,1-3H3/t23-,24-/m0/s1. The van der Waals surface area contributed by atoms with Gasteiger partial charge in [-0.1, -0.05) is 12.5 Å². The molecule has 0 aromatic heterocycles. The number of likely N-dealkylation sites (tertiary alicyclic amines) is 2. The van der Waals surface area contributed by atoms with Crippen molar-refractivity contribution in [3.63, 3.8) is 0 Å². The zero-order valence-corrected chi connectivity index (χ0v) is 19.5. The van der Waals surface area contributed by atoms with Gasteiger partial charge in [-0.15, -0.1) is 0 Å². The SMILES string of the molecule is COc1cccc(N2CCC(O)(CN3CCCC[C@@H]4N(C(C)=O)CCC[C@@]43C)CC2)c1. The highest BCUT2D eigenvalue weighted by atomic mass is 16.5. The van der Waals surface area contributed by atoms with E-state index in [1.54, 1.807) is 14.0 Å². The highest BCUT2D eigenvalue weighted by molar-refractivity contribution is 5.74. The van der Waals surface area contributed by atoms with Crippen molar-refractivity contribution in [1.29, 1.82) is 0 Å². The maximum absolute atomic E-state index is 12.3. The third-order valence-electron chi connectivity index (χ3n) is 8.06. The molecule has 1 amide bonds. The van der Waals surface area contributed by atoms with Crippen molar-refractivity contribution >= 4 is 11.6 Å². The van der Waals surface area contributed by atoms with Crippen LogP contribution < -0.4 is 9.64 Å². The molecule has 1 aromatic rings. The molecule has 3 fully saturated rings. The summed E-state index contributed by atoms with van der Waals surface area (Å²) in [4.78, 5) is 19.3. The predicted octanol–water partition coefficient (Wildman–Crippen LogP) is 3.28. The number of rotatable bonds is 4. The lowest BCUT2D eigenvalue weighted by Crippen LogP contribution is -2.66. The van der Waals surface area contributed by atoms with Crippen LogP contribution in [0.2, 0.25) is 0 Å². The van der Waals surface area contributed by atoms with E-state index in [4.69, 9.17) is 4.74 Å². The van der Waals surface area contributed by atoms with Gasteiger partial charge in [-0.3, -0.25) is 9.69 Å². The van der Waals surface area contributed by atoms with Crippen LogP contribution in [0.5, 0.6) is 5.75 Å². The second-order valence-electron chi connectivity index (χ2n) is 10.0. The average Bonchev–Trinajstić information content (AvgIpc) is 2.92. The first-order chi connectivity index (χ1) is 14.8. The van der Waals surface area contributed by atoms with Gasteiger partial charge < -0.3 is 19.6 Å². The number of ether oxygens (including phenoxy) is 1. The molecule has 6 nitrogen and oxygen atoms in total. The number of amides is 1. The molecule has 0 spiro atoms. The molecule has 3 heterocycles. The summed E-state index contributed by atoms with van der Waals surface area (Å²) in [6.07, 6.45) is 7.05. The molecule has 3 aliphatic heterocycles. The highest BCUT2D eigenvalue weighted by Gasteiger charge is 2.49. The maximum Gasteiger partial charge on any atom is 0.219 e. The molecule has 0 unspecified atom stereocenters. The third kappa shape index (κ3) is 4.56. The lowest BCUT2D eigenvalue weighted by atomic mass is 9.78. The number of carbonyl (C=O) groups excluding carboxylic acids is 1. The molecule has 3 aliphatic rings. The van der Waals surface area contributed by atoms with E-state index >= 15 is 0 Å². The quantitative estimate of drug-likeness (QED) is 0.796. The minimum atomic E-state index is -0.675. The maximum atomic E-state index is 12.3. The van der Waals surface area contributed by atoms with E-state index in [1.807, 2.05) is 12.1 Å². The van der Waals surface area contributed by atoms with Crippen LogP contribution in [-0.4, -0.2) is 77.8 Å². The van der Waals surface area contributed by atoms with E-state index in [2.05, 4.69) is 33.8 Å². The summed E-state index contributed by atoms with van der Waals surface area (Å²) in [5.74, 6) is 1.07. The molecular weight excluding hydrogens is 390 g/mol. The number of hydrogen-bond acceptors (Lipinski definition) is 5. The molecule has 1 N–H and O–H groups in total. The van der Waals surface area contributed by atoms with Crippen molar-refractivity contribution in [2.75, 3.05) is 44.7 Å². The van der Waals surface area contributed by atoms with Crippen molar-refractivity contribution in [2.45, 2.75) is 76.0 Å². The Morgan fingerprint density at radius 1 is 1.13 bits per heavy atom. The fraction of sp³-hybridized carbons (Fsp3) is 0.720. The Kier molecular flexibility index (Phi) is 6.50. The fourth-order valence-corrected chi connectivity index (χ4v) is 6.14. The average molecular weight is 430 g/mol. The number of anilines is 1. The van der Waals surface area contributed by atoms with Gasteiger partial charge in [-0.25, -0.2) is 0 Å². The summed E-state index contributed by atoms with van der Waals surface area (Å²) in [5, 5.41) is 11.6. The lowest BCUT2D eigenvalue weighted by Gasteiger charge is -2.54. The molecule has 6 heteroatoms. The molecule has 172 valence electrons. The van der Waals surface area contributed by atoms with E-state index in [1.165, 1.54) is 0 Å². The Balaban J connectivity index is 1.46. The summed E-state index contributed by atoms with van der Waals surface area (Å²) >= 11 is 0. The van der Waals surface area contributed by atoms with Crippen LogP contribution in [0.15, 0.2) is 24.3 Å². The fourth-order valence-electron chi connectivity index (χ4n) is 6.14. The molecule has 1 aromatic carbocycles.